The minimum atomic E-state index is 0.212. The number of para-hydroxylation sites is 1. The highest BCUT2D eigenvalue weighted by atomic mass is 16.5. The van der Waals surface area contributed by atoms with Gasteiger partial charge in [-0.3, -0.25) is 4.90 Å². The molecule has 0 saturated carbocycles. The summed E-state index contributed by atoms with van der Waals surface area (Å²) in [5.41, 5.74) is 3.79. The zero-order valence-electron chi connectivity index (χ0n) is 13.8. The highest BCUT2D eigenvalue weighted by Crippen LogP contribution is 2.27. The monoisotopic (exact) mass is 312 g/mol. The molecule has 4 nitrogen and oxygen atoms in total. The molecule has 0 aromatic heterocycles. The Bertz CT molecular complexity index is 664. The Labute approximate surface area is 137 Å². The molecule has 1 fully saturated rings. The van der Waals surface area contributed by atoms with Gasteiger partial charge in [-0.15, -0.1) is 0 Å². The summed E-state index contributed by atoms with van der Waals surface area (Å²) in [6.45, 7) is 7.16. The van der Waals surface area contributed by atoms with Gasteiger partial charge in [0.05, 0.1) is 7.11 Å². The minimum absolute atomic E-state index is 0.212. The maximum atomic E-state index is 9.89. The van der Waals surface area contributed by atoms with E-state index in [1.807, 2.05) is 12.1 Å². The molecule has 1 aliphatic heterocycles. The summed E-state index contributed by atoms with van der Waals surface area (Å²) in [4.78, 5) is 4.88. The molecule has 2 aromatic rings. The molecular weight excluding hydrogens is 288 g/mol. The van der Waals surface area contributed by atoms with Crippen molar-refractivity contribution < 1.29 is 9.84 Å². The number of piperazine rings is 1. The fraction of sp³-hybridized carbons (Fsp3) is 0.368. The molecule has 0 bridgehead atoms. The molecule has 1 saturated heterocycles. The highest BCUT2D eigenvalue weighted by Gasteiger charge is 2.18. The number of methoxy groups -OCH3 is 1. The van der Waals surface area contributed by atoms with Crippen molar-refractivity contribution in [3.63, 3.8) is 0 Å². The molecule has 23 heavy (non-hydrogen) atoms. The van der Waals surface area contributed by atoms with Crippen molar-refractivity contribution in [1.29, 1.82) is 0 Å². The van der Waals surface area contributed by atoms with Crippen LogP contribution in [-0.4, -0.2) is 43.3 Å². The van der Waals surface area contributed by atoms with Crippen molar-refractivity contribution >= 4 is 5.69 Å². The van der Waals surface area contributed by atoms with Crippen LogP contribution in [0.4, 0.5) is 5.69 Å². The van der Waals surface area contributed by atoms with Gasteiger partial charge < -0.3 is 14.7 Å². The van der Waals surface area contributed by atoms with Crippen molar-refractivity contribution in [2.75, 3.05) is 38.2 Å². The topological polar surface area (TPSA) is 35.9 Å². The highest BCUT2D eigenvalue weighted by molar-refractivity contribution is 5.53. The quantitative estimate of drug-likeness (QED) is 0.941. The van der Waals surface area contributed by atoms with Crippen LogP contribution in [0.1, 0.15) is 11.1 Å². The second kappa shape index (κ2) is 6.92. The lowest BCUT2D eigenvalue weighted by Gasteiger charge is -2.36. The van der Waals surface area contributed by atoms with Crippen molar-refractivity contribution in [2.45, 2.75) is 13.5 Å². The Morgan fingerprint density at radius 2 is 1.78 bits per heavy atom. The lowest BCUT2D eigenvalue weighted by molar-refractivity contribution is 0.249. The first-order valence-electron chi connectivity index (χ1n) is 8.06. The van der Waals surface area contributed by atoms with Gasteiger partial charge in [0.2, 0.25) is 0 Å². The van der Waals surface area contributed by atoms with Crippen LogP contribution >= 0.6 is 0 Å². The number of phenols is 1. The van der Waals surface area contributed by atoms with Crippen LogP contribution in [0.15, 0.2) is 42.5 Å². The summed E-state index contributed by atoms with van der Waals surface area (Å²) in [7, 11) is 1.57. The van der Waals surface area contributed by atoms with Gasteiger partial charge in [-0.1, -0.05) is 24.3 Å². The Kier molecular flexibility index (Phi) is 4.72. The van der Waals surface area contributed by atoms with E-state index in [4.69, 9.17) is 4.74 Å². The van der Waals surface area contributed by atoms with E-state index >= 15 is 0 Å². The molecular formula is C19H24N2O2. The molecule has 0 spiro atoms. The molecule has 2 aromatic carbocycles. The molecule has 122 valence electrons. The zero-order valence-corrected chi connectivity index (χ0v) is 13.8. The number of phenolic OH excluding ortho intramolecular Hbond substituents is 1. The minimum Gasteiger partial charge on any atom is -0.504 e. The fourth-order valence-corrected chi connectivity index (χ4v) is 3.16. The fourth-order valence-electron chi connectivity index (χ4n) is 3.16. The van der Waals surface area contributed by atoms with E-state index in [1.165, 1.54) is 11.3 Å². The second-order valence-electron chi connectivity index (χ2n) is 6.06. The van der Waals surface area contributed by atoms with Crippen LogP contribution in [0.3, 0.4) is 0 Å². The molecule has 0 unspecified atom stereocenters. The molecule has 0 radical (unpaired) electrons. The maximum absolute atomic E-state index is 9.89. The van der Waals surface area contributed by atoms with E-state index in [-0.39, 0.29) is 5.75 Å². The lowest BCUT2D eigenvalue weighted by Crippen LogP contribution is -2.46. The number of hydrogen-bond acceptors (Lipinski definition) is 4. The van der Waals surface area contributed by atoms with E-state index in [0.29, 0.717) is 5.75 Å². The normalized spacial score (nSPS) is 15.7. The summed E-state index contributed by atoms with van der Waals surface area (Å²) in [5.74, 6) is 0.738. The first-order chi connectivity index (χ1) is 11.2. The number of hydrogen-bond donors (Lipinski definition) is 1. The van der Waals surface area contributed by atoms with Crippen molar-refractivity contribution in [3.05, 3.63) is 53.6 Å². The van der Waals surface area contributed by atoms with Gasteiger partial charge in [0, 0.05) is 38.4 Å². The smallest absolute Gasteiger partial charge is 0.160 e. The third-order valence-electron chi connectivity index (χ3n) is 4.48. The molecule has 1 N–H and O–H groups in total. The summed E-state index contributed by atoms with van der Waals surface area (Å²) in [6.07, 6.45) is 0. The molecule has 4 heteroatoms. The van der Waals surface area contributed by atoms with E-state index < -0.39 is 0 Å². The first kappa shape index (κ1) is 15.7. The van der Waals surface area contributed by atoms with Gasteiger partial charge in [-0.25, -0.2) is 0 Å². The number of anilines is 1. The number of benzene rings is 2. The third kappa shape index (κ3) is 3.59. The van der Waals surface area contributed by atoms with Crippen LogP contribution in [0.25, 0.3) is 0 Å². The standard InChI is InChI=1S/C19H24N2O2/c1-15-5-3-4-6-17(15)21-11-9-20(10-12-21)14-16-7-8-19(23-2)18(22)13-16/h3-8,13,22H,9-12,14H2,1-2H3. The molecule has 1 aliphatic rings. The summed E-state index contributed by atoms with van der Waals surface area (Å²) >= 11 is 0. The van der Waals surface area contributed by atoms with Crippen LogP contribution in [0.5, 0.6) is 11.5 Å². The maximum Gasteiger partial charge on any atom is 0.160 e. The van der Waals surface area contributed by atoms with Crippen molar-refractivity contribution in [2.24, 2.45) is 0 Å². The van der Waals surface area contributed by atoms with Gasteiger partial charge >= 0.3 is 0 Å². The molecule has 0 atom stereocenters. The average Bonchev–Trinajstić information content (AvgIpc) is 2.56. The van der Waals surface area contributed by atoms with E-state index in [1.54, 1.807) is 13.2 Å². The van der Waals surface area contributed by atoms with Gasteiger partial charge in [-0.2, -0.15) is 0 Å². The Morgan fingerprint density at radius 3 is 2.43 bits per heavy atom. The Balaban J connectivity index is 1.59. The first-order valence-corrected chi connectivity index (χ1v) is 8.06. The van der Waals surface area contributed by atoms with E-state index in [2.05, 4.69) is 41.0 Å². The van der Waals surface area contributed by atoms with Gasteiger partial charge in [0.25, 0.3) is 0 Å². The van der Waals surface area contributed by atoms with Gasteiger partial charge in [-0.05, 0) is 36.2 Å². The largest absolute Gasteiger partial charge is 0.504 e. The van der Waals surface area contributed by atoms with Gasteiger partial charge in [0.1, 0.15) is 0 Å². The summed E-state index contributed by atoms with van der Waals surface area (Å²) in [5, 5.41) is 9.89. The van der Waals surface area contributed by atoms with Crippen LogP contribution < -0.4 is 9.64 Å². The molecule has 3 rings (SSSR count). The number of aryl methyl sites for hydroxylation is 1. The number of aromatic hydroxyl groups is 1. The average molecular weight is 312 g/mol. The van der Waals surface area contributed by atoms with Crippen LogP contribution in [-0.2, 0) is 6.54 Å². The molecule has 0 amide bonds. The molecule has 0 aliphatic carbocycles. The summed E-state index contributed by atoms with van der Waals surface area (Å²) < 4.78 is 5.09. The van der Waals surface area contributed by atoms with Crippen molar-refractivity contribution in [1.82, 2.24) is 4.90 Å². The predicted molar refractivity (Wildman–Crippen MR) is 93.3 cm³/mol. The van der Waals surface area contributed by atoms with Crippen LogP contribution in [0, 0.1) is 6.92 Å². The Hall–Kier alpha value is -2.20. The SMILES string of the molecule is COc1ccc(CN2CCN(c3ccccc3C)CC2)cc1O. The number of nitrogens with zero attached hydrogens (tertiary/aromatic N) is 2. The van der Waals surface area contributed by atoms with E-state index in [0.717, 1.165) is 38.3 Å². The summed E-state index contributed by atoms with van der Waals surface area (Å²) in [6, 6.07) is 14.2. The second-order valence-corrected chi connectivity index (χ2v) is 6.06. The van der Waals surface area contributed by atoms with E-state index in [9.17, 15) is 5.11 Å². The lowest BCUT2D eigenvalue weighted by atomic mass is 10.1. The third-order valence-corrected chi connectivity index (χ3v) is 4.48. The number of ether oxygens (including phenoxy) is 1. The predicted octanol–water partition coefficient (Wildman–Crippen LogP) is 3.03. The van der Waals surface area contributed by atoms with Crippen molar-refractivity contribution in [3.8, 4) is 11.5 Å². The van der Waals surface area contributed by atoms with Crippen LogP contribution in [0.2, 0.25) is 0 Å². The van der Waals surface area contributed by atoms with Gasteiger partial charge in [0.15, 0.2) is 11.5 Å². The molecule has 1 heterocycles. The number of rotatable bonds is 4. The zero-order chi connectivity index (χ0) is 16.2. The Morgan fingerprint density at radius 1 is 1.04 bits per heavy atom.